The Balaban J connectivity index is 1.40. The molecule has 1 aliphatic rings. The van der Waals surface area contributed by atoms with Crippen LogP contribution in [0.1, 0.15) is 27.1 Å². The minimum absolute atomic E-state index is 0.0351. The van der Waals surface area contributed by atoms with Crippen molar-refractivity contribution in [1.29, 1.82) is 0 Å². The number of halogens is 1. The van der Waals surface area contributed by atoms with Crippen LogP contribution in [-0.4, -0.2) is 39.1 Å². The van der Waals surface area contributed by atoms with Gasteiger partial charge in [-0.1, -0.05) is 29.8 Å². The maximum absolute atomic E-state index is 12.5. The molecule has 0 radical (unpaired) electrons. The lowest BCUT2D eigenvalue weighted by Gasteiger charge is -2.12. The lowest BCUT2D eigenvalue weighted by atomic mass is 10.1. The summed E-state index contributed by atoms with van der Waals surface area (Å²) in [7, 11) is 0. The minimum atomic E-state index is -0.778. The minimum Gasteiger partial charge on any atom is -0.302 e. The molecule has 11 heteroatoms. The van der Waals surface area contributed by atoms with Crippen LogP contribution in [-0.2, 0) is 4.79 Å². The SMILES string of the molecule is O=C(CCN1C(=O)c2cccc([N+](=O)[O-])c2C1=O)Nc1nc(-c2ccc(Cl)cc2)cs1. The van der Waals surface area contributed by atoms with Gasteiger partial charge in [0.1, 0.15) is 5.56 Å². The lowest BCUT2D eigenvalue weighted by molar-refractivity contribution is -0.385. The molecule has 0 bridgehead atoms. The Labute approximate surface area is 184 Å². The molecule has 3 aromatic rings. The van der Waals surface area contributed by atoms with Gasteiger partial charge in [-0.05, 0) is 18.2 Å². The van der Waals surface area contributed by atoms with Gasteiger partial charge in [0.15, 0.2) is 5.13 Å². The number of aromatic nitrogens is 1. The number of hydrogen-bond donors (Lipinski definition) is 1. The van der Waals surface area contributed by atoms with Gasteiger partial charge in [0.2, 0.25) is 5.91 Å². The van der Waals surface area contributed by atoms with Crippen molar-refractivity contribution < 1.29 is 19.3 Å². The van der Waals surface area contributed by atoms with Crippen molar-refractivity contribution in [2.24, 2.45) is 0 Å². The number of amides is 3. The second-order valence-electron chi connectivity index (χ2n) is 6.56. The smallest absolute Gasteiger partial charge is 0.282 e. The van der Waals surface area contributed by atoms with Crippen LogP contribution in [0.15, 0.2) is 47.8 Å². The Morgan fingerprint density at radius 1 is 1.16 bits per heavy atom. The first-order chi connectivity index (χ1) is 14.8. The normalized spacial score (nSPS) is 12.7. The molecule has 0 saturated carbocycles. The molecule has 0 saturated heterocycles. The number of benzene rings is 2. The molecule has 2 heterocycles. The highest BCUT2D eigenvalue weighted by Crippen LogP contribution is 2.31. The first-order valence-corrected chi connectivity index (χ1v) is 10.3. The number of nitrogens with zero attached hydrogens (tertiary/aromatic N) is 3. The van der Waals surface area contributed by atoms with Gasteiger partial charge in [0, 0.05) is 35.0 Å². The Bertz CT molecular complexity index is 1220. The predicted octanol–water partition coefficient (Wildman–Crippen LogP) is 4.00. The van der Waals surface area contributed by atoms with E-state index in [2.05, 4.69) is 10.3 Å². The fourth-order valence-corrected chi connectivity index (χ4v) is 4.01. The average molecular weight is 457 g/mol. The molecule has 1 aliphatic heterocycles. The van der Waals surface area contributed by atoms with Crippen LogP contribution in [0.3, 0.4) is 0 Å². The van der Waals surface area contributed by atoms with Crippen LogP contribution in [0.4, 0.5) is 10.8 Å². The van der Waals surface area contributed by atoms with E-state index in [1.807, 2.05) is 12.1 Å². The summed E-state index contributed by atoms with van der Waals surface area (Å²) in [5.41, 5.74) is 0.802. The van der Waals surface area contributed by atoms with Gasteiger partial charge in [-0.2, -0.15) is 0 Å². The van der Waals surface area contributed by atoms with Crippen molar-refractivity contribution in [3.8, 4) is 11.3 Å². The summed E-state index contributed by atoms with van der Waals surface area (Å²) in [5.74, 6) is -1.88. The number of nitrogens with one attached hydrogen (secondary N) is 1. The molecule has 0 spiro atoms. The van der Waals surface area contributed by atoms with Crippen molar-refractivity contribution in [2.45, 2.75) is 6.42 Å². The number of hydrogen-bond acceptors (Lipinski definition) is 7. The summed E-state index contributed by atoms with van der Waals surface area (Å²) in [6, 6.07) is 11.0. The van der Waals surface area contributed by atoms with Crippen LogP contribution in [0.5, 0.6) is 0 Å². The molecular weight excluding hydrogens is 444 g/mol. The van der Waals surface area contributed by atoms with Crippen molar-refractivity contribution in [3.63, 3.8) is 0 Å². The van der Waals surface area contributed by atoms with Gasteiger partial charge in [-0.15, -0.1) is 11.3 Å². The molecule has 2 aromatic carbocycles. The van der Waals surface area contributed by atoms with Gasteiger partial charge >= 0.3 is 0 Å². The maximum atomic E-state index is 12.5. The number of nitro groups is 1. The van der Waals surface area contributed by atoms with E-state index in [4.69, 9.17) is 11.6 Å². The fraction of sp³-hybridized carbons (Fsp3) is 0.100. The standard InChI is InChI=1S/C20H13ClN4O5S/c21-12-6-4-11(5-7-12)14-10-31-20(22-14)23-16(26)8-9-24-18(27)13-2-1-3-15(25(29)30)17(13)19(24)28/h1-7,10H,8-9H2,(H,22,23,26). The fourth-order valence-electron chi connectivity index (χ4n) is 3.15. The van der Waals surface area contributed by atoms with E-state index in [-0.39, 0.29) is 24.1 Å². The molecular formula is C20H13ClN4O5S. The third kappa shape index (κ3) is 4.03. The Kier molecular flexibility index (Phi) is 5.49. The molecule has 0 atom stereocenters. The number of nitro benzene ring substituents is 1. The molecule has 156 valence electrons. The van der Waals surface area contributed by atoms with E-state index in [1.54, 1.807) is 17.5 Å². The highest BCUT2D eigenvalue weighted by Gasteiger charge is 2.40. The van der Waals surface area contributed by atoms with Crippen LogP contribution in [0.25, 0.3) is 11.3 Å². The van der Waals surface area contributed by atoms with Gasteiger partial charge in [0.25, 0.3) is 17.5 Å². The van der Waals surface area contributed by atoms with E-state index in [0.29, 0.717) is 15.8 Å². The van der Waals surface area contributed by atoms with E-state index in [0.717, 1.165) is 10.5 Å². The molecule has 0 aliphatic carbocycles. The predicted molar refractivity (Wildman–Crippen MR) is 114 cm³/mol. The van der Waals surface area contributed by atoms with Crippen molar-refractivity contribution in [2.75, 3.05) is 11.9 Å². The molecule has 1 aromatic heterocycles. The molecule has 4 rings (SSSR count). The Morgan fingerprint density at radius 2 is 1.90 bits per heavy atom. The summed E-state index contributed by atoms with van der Waals surface area (Å²) in [6.07, 6.45) is -0.172. The second kappa shape index (κ2) is 8.25. The third-order valence-corrected chi connectivity index (χ3v) is 5.64. The van der Waals surface area contributed by atoms with E-state index < -0.39 is 28.3 Å². The first-order valence-electron chi connectivity index (χ1n) is 9.00. The maximum Gasteiger partial charge on any atom is 0.282 e. The van der Waals surface area contributed by atoms with Gasteiger partial charge in [-0.25, -0.2) is 4.98 Å². The molecule has 3 amide bonds. The number of imide groups is 1. The van der Waals surface area contributed by atoms with E-state index in [9.17, 15) is 24.5 Å². The van der Waals surface area contributed by atoms with Crippen LogP contribution >= 0.6 is 22.9 Å². The zero-order valence-electron chi connectivity index (χ0n) is 15.7. The number of carbonyl (C=O) groups excluding carboxylic acids is 3. The number of fused-ring (bicyclic) bond motifs is 1. The third-order valence-electron chi connectivity index (χ3n) is 4.63. The van der Waals surface area contributed by atoms with Crippen LogP contribution < -0.4 is 5.32 Å². The number of carbonyl (C=O) groups is 3. The summed E-state index contributed by atoms with van der Waals surface area (Å²) in [5, 5.41) is 16.5. The summed E-state index contributed by atoms with van der Waals surface area (Å²) in [4.78, 5) is 52.9. The largest absolute Gasteiger partial charge is 0.302 e. The van der Waals surface area contributed by atoms with E-state index in [1.165, 1.54) is 29.5 Å². The van der Waals surface area contributed by atoms with Crippen molar-refractivity contribution in [1.82, 2.24) is 9.88 Å². The summed E-state index contributed by atoms with van der Waals surface area (Å²) in [6.45, 7) is -0.204. The number of thiazole rings is 1. The molecule has 1 N–H and O–H groups in total. The van der Waals surface area contributed by atoms with Crippen molar-refractivity contribution >= 4 is 51.5 Å². The zero-order valence-corrected chi connectivity index (χ0v) is 17.3. The Morgan fingerprint density at radius 3 is 2.61 bits per heavy atom. The van der Waals surface area contributed by atoms with Crippen LogP contribution in [0, 0.1) is 10.1 Å². The molecule has 0 fully saturated rings. The molecule has 31 heavy (non-hydrogen) atoms. The Hall–Kier alpha value is -3.63. The number of rotatable bonds is 6. The number of anilines is 1. The van der Waals surface area contributed by atoms with Gasteiger partial charge in [-0.3, -0.25) is 29.4 Å². The molecule has 0 unspecified atom stereocenters. The average Bonchev–Trinajstić information content (AvgIpc) is 3.30. The highest BCUT2D eigenvalue weighted by atomic mass is 35.5. The van der Waals surface area contributed by atoms with Gasteiger partial charge in [0.05, 0.1) is 16.2 Å². The summed E-state index contributed by atoms with van der Waals surface area (Å²) >= 11 is 7.11. The van der Waals surface area contributed by atoms with E-state index >= 15 is 0 Å². The van der Waals surface area contributed by atoms with Crippen LogP contribution in [0.2, 0.25) is 5.02 Å². The monoisotopic (exact) mass is 456 g/mol. The quantitative estimate of drug-likeness (QED) is 0.340. The molecule has 9 nitrogen and oxygen atoms in total. The lowest BCUT2D eigenvalue weighted by Crippen LogP contribution is -2.33. The zero-order chi connectivity index (χ0) is 22.1. The topological polar surface area (TPSA) is 123 Å². The van der Waals surface area contributed by atoms with Crippen molar-refractivity contribution in [3.05, 3.63) is 74.1 Å². The first kappa shape index (κ1) is 20.6. The second-order valence-corrected chi connectivity index (χ2v) is 7.86. The highest BCUT2D eigenvalue weighted by molar-refractivity contribution is 7.14. The summed E-state index contributed by atoms with van der Waals surface area (Å²) < 4.78 is 0. The van der Waals surface area contributed by atoms with Gasteiger partial charge < -0.3 is 5.32 Å².